The van der Waals surface area contributed by atoms with E-state index in [1.807, 2.05) is 18.2 Å². The molecule has 0 bridgehead atoms. The van der Waals surface area contributed by atoms with E-state index in [2.05, 4.69) is 24.5 Å². The molecule has 4 nitrogen and oxygen atoms in total. The van der Waals surface area contributed by atoms with Crippen molar-refractivity contribution in [1.29, 1.82) is 0 Å². The van der Waals surface area contributed by atoms with Gasteiger partial charge in [-0.05, 0) is 24.5 Å². The minimum Gasteiger partial charge on any atom is -0.338 e. The second-order valence-corrected chi connectivity index (χ2v) is 6.13. The molecule has 3 amide bonds. The van der Waals surface area contributed by atoms with Crippen molar-refractivity contribution in [2.75, 3.05) is 12.3 Å². The van der Waals surface area contributed by atoms with E-state index < -0.39 is 6.03 Å². The molecule has 0 aliphatic rings. The van der Waals surface area contributed by atoms with Crippen molar-refractivity contribution in [2.24, 2.45) is 5.92 Å². The van der Waals surface area contributed by atoms with Gasteiger partial charge < -0.3 is 5.32 Å². The van der Waals surface area contributed by atoms with Crippen molar-refractivity contribution in [3.63, 3.8) is 0 Å². The molecule has 1 rings (SSSR count). The Morgan fingerprint density at radius 2 is 2.00 bits per heavy atom. The van der Waals surface area contributed by atoms with E-state index in [1.165, 1.54) is 11.8 Å². The first-order valence-corrected chi connectivity index (χ1v) is 7.80. The summed E-state index contributed by atoms with van der Waals surface area (Å²) in [4.78, 5) is 23.9. The van der Waals surface area contributed by atoms with Gasteiger partial charge in [0.05, 0.1) is 10.8 Å². The number of thioether (sulfide) groups is 1. The lowest BCUT2D eigenvalue weighted by Gasteiger charge is -2.08. The number of amides is 3. The van der Waals surface area contributed by atoms with Gasteiger partial charge in [-0.2, -0.15) is 0 Å². The lowest BCUT2D eigenvalue weighted by atomic mass is 10.1. The second-order valence-electron chi connectivity index (χ2n) is 4.71. The highest BCUT2D eigenvalue weighted by atomic mass is 35.5. The van der Waals surface area contributed by atoms with Gasteiger partial charge in [0.25, 0.3) is 0 Å². The van der Waals surface area contributed by atoms with Crippen molar-refractivity contribution in [2.45, 2.75) is 25.2 Å². The van der Waals surface area contributed by atoms with Crippen LogP contribution < -0.4 is 10.6 Å². The van der Waals surface area contributed by atoms with E-state index in [1.54, 1.807) is 6.07 Å². The fourth-order valence-corrected chi connectivity index (χ4v) is 2.43. The van der Waals surface area contributed by atoms with Crippen molar-refractivity contribution < 1.29 is 9.59 Å². The van der Waals surface area contributed by atoms with Gasteiger partial charge in [0.1, 0.15) is 0 Å². The zero-order valence-corrected chi connectivity index (χ0v) is 13.2. The highest BCUT2D eigenvalue weighted by molar-refractivity contribution is 8.00. The van der Waals surface area contributed by atoms with Crippen LogP contribution >= 0.6 is 23.4 Å². The molecule has 0 aromatic heterocycles. The molecule has 2 N–H and O–H groups in total. The molecule has 1 aromatic carbocycles. The summed E-state index contributed by atoms with van der Waals surface area (Å²) in [5.74, 6) is 0.333. The van der Waals surface area contributed by atoms with Crippen LogP contribution in [-0.2, 0) is 4.79 Å². The number of nitrogens with one attached hydrogen (secondary N) is 2. The SMILES string of the molecule is CC(C)CCNC(=O)NC(=O)CSc1ccccc1Cl. The highest BCUT2D eigenvalue weighted by Gasteiger charge is 2.09. The molecule has 0 radical (unpaired) electrons. The Morgan fingerprint density at radius 3 is 2.65 bits per heavy atom. The molecule has 0 heterocycles. The molecule has 0 atom stereocenters. The number of carbonyl (C=O) groups excluding carboxylic acids is 2. The molecule has 0 saturated heterocycles. The van der Waals surface area contributed by atoms with E-state index in [0.29, 0.717) is 17.5 Å². The summed E-state index contributed by atoms with van der Waals surface area (Å²) in [7, 11) is 0. The summed E-state index contributed by atoms with van der Waals surface area (Å²) >= 11 is 7.28. The van der Waals surface area contributed by atoms with Crippen LogP contribution in [0.1, 0.15) is 20.3 Å². The second kappa shape index (κ2) is 8.87. The van der Waals surface area contributed by atoms with E-state index in [4.69, 9.17) is 11.6 Å². The molecular formula is C14H19ClN2O2S. The lowest BCUT2D eigenvalue weighted by molar-refractivity contribution is -0.117. The Bertz CT molecular complexity index is 466. The van der Waals surface area contributed by atoms with E-state index in [-0.39, 0.29) is 11.7 Å². The predicted octanol–water partition coefficient (Wildman–Crippen LogP) is 3.30. The molecule has 0 saturated carbocycles. The summed E-state index contributed by atoms with van der Waals surface area (Å²) in [6.07, 6.45) is 0.885. The number of benzene rings is 1. The largest absolute Gasteiger partial charge is 0.338 e. The maximum atomic E-state index is 11.6. The average Bonchev–Trinajstić information content (AvgIpc) is 2.37. The molecule has 0 unspecified atom stereocenters. The minimum absolute atomic E-state index is 0.154. The van der Waals surface area contributed by atoms with Crippen LogP contribution in [0.4, 0.5) is 4.79 Å². The average molecular weight is 315 g/mol. The highest BCUT2D eigenvalue weighted by Crippen LogP contribution is 2.26. The molecule has 110 valence electrons. The van der Waals surface area contributed by atoms with Gasteiger partial charge in [-0.25, -0.2) is 4.79 Å². The summed E-state index contributed by atoms with van der Waals surface area (Å²) < 4.78 is 0. The van der Waals surface area contributed by atoms with E-state index >= 15 is 0 Å². The van der Waals surface area contributed by atoms with Gasteiger partial charge in [0.15, 0.2) is 0 Å². The van der Waals surface area contributed by atoms with Crippen molar-refractivity contribution in [3.05, 3.63) is 29.3 Å². The molecule has 6 heteroatoms. The Balaban J connectivity index is 2.26. The zero-order valence-electron chi connectivity index (χ0n) is 11.6. The third-order valence-electron chi connectivity index (χ3n) is 2.46. The number of carbonyl (C=O) groups is 2. The summed E-state index contributed by atoms with van der Waals surface area (Å²) in [6.45, 7) is 4.71. The summed E-state index contributed by atoms with van der Waals surface area (Å²) in [5, 5.41) is 5.54. The number of urea groups is 1. The van der Waals surface area contributed by atoms with Gasteiger partial charge in [0, 0.05) is 11.4 Å². The van der Waals surface area contributed by atoms with Crippen LogP contribution in [0.2, 0.25) is 5.02 Å². The van der Waals surface area contributed by atoms with Crippen LogP contribution in [0.25, 0.3) is 0 Å². The topological polar surface area (TPSA) is 58.2 Å². The molecule has 0 aliphatic carbocycles. The Hall–Kier alpha value is -1.20. The fourth-order valence-electron chi connectivity index (χ4n) is 1.39. The maximum absolute atomic E-state index is 11.6. The van der Waals surface area contributed by atoms with Gasteiger partial charge in [-0.3, -0.25) is 10.1 Å². The maximum Gasteiger partial charge on any atom is 0.321 e. The number of hydrogen-bond donors (Lipinski definition) is 2. The van der Waals surface area contributed by atoms with Crippen LogP contribution in [-0.4, -0.2) is 24.2 Å². The third-order valence-corrected chi connectivity index (χ3v) is 3.97. The number of rotatable bonds is 6. The van der Waals surface area contributed by atoms with Crippen molar-refractivity contribution in [3.8, 4) is 0 Å². The molecule has 0 spiro atoms. The van der Waals surface area contributed by atoms with Gasteiger partial charge >= 0.3 is 6.03 Å². The van der Waals surface area contributed by atoms with Crippen LogP contribution in [0.5, 0.6) is 0 Å². The first kappa shape index (κ1) is 16.9. The zero-order chi connectivity index (χ0) is 15.0. The number of imide groups is 1. The first-order chi connectivity index (χ1) is 9.49. The monoisotopic (exact) mass is 314 g/mol. The Labute approximate surface area is 128 Å². The molecule has 20 heavy (non-hydrogen) atoms. The van der Waals surface area contributed by atoms with Crippen molar-refractivity contribution >= 4 is 35.3 Å². The number of hydrogen-bond acceptors (Lipinski definition) is 3. The summed E-state index contributed by atoms with van der Waals surface area (Å²) in [6, 6.07) is 6.83. The van der Waals surface area contributed by atoms with Crippen LogP contribution in [0.15, 0.2) is 29.2 Å². The molecule has 1 aromatic rings. The molecular weight excluding hydrogens is 296 g/mol. The van der Waals surface area contributed by atoms with E-state index in [0.717, 1.165) is 11.3 Å². The molecule has 0 aliphatic heterocycles. The molecule has 0 fully saturated rings. The third kappa shape index (κ3) is 6.82. The summed E-state index contributed by atoms with van der Waals surface area (Å²) in [5.41, 5.74) is 0. The van der Waals surface area contributed by atoms with Gasteiger partial charge in [-0.15, -0.1) is 11.8 Å². The quantitative estimate of drug-likeness (QED) is 0.792. The predicted molar refractivity (Wildman–Crippen MR) is 83.2 cm³/mol. The number of halogens is 1. The lowest BCUT2D eigenvalue weighted by Crippen LogP contribution is -2.40. The smallest absolute Gasteiger partial charge is 0.321 e. The van der Waals surface area contributed by atoms with Crippen molar-refractivity contribution in [1.82, 2.24) is 10.6 Å². The fraction of sp³-hybridized carbons (Fsp3) is 0.429. The standard InChI is InChI=1S/C14H19ClN2O2S/c1-10(2)7-8-16-14(19)17-13(18)9-20-12-6-4-3-5-11(12)15/h3-6,10H,7-9H2,1-2H3,(H2,16,17,18,19). The van der Waals surface area contributed by atoms with Crippen LogP contribution in [0.3, 0.4) is 0 Å². The minimum atomic E-state index is -0.449. The Kier molecular flexibility index (Phi) is 7.47. The van der Waals surface area contributed by atoms with Gasteiger partial charge in [-0.1, -0.05) is 37.6 Å². The first-order valence-electron chi connectivity index (χ1n) is 6.44. The van der Waals surface area contributed by atoms with E-state index in [9.17, 15) is 9.59 Å². The van der Waals surface area contributed by atoms with Gasteiger partial charge in [0.2, 0.25) is 5.91 Å². The Morgan fingerprint density at radius 1 is 1.30 bits per heavy atom. The van der Waals surface area contributed by atoms with Crippen LogP contribution in [0, 0.1) is 5.92 Å². The normalized spacial score (nSPS) is 10.4.